The number of nitrogens with two attached hydrogens (primary N) is 1. The van der Waals surface area contributed by atoms with E-state index in [-0.39, 0.29) is 0 Å². The quantitative estimate of drug-likeness (QED) is 0.676. The average Bonchev–Trinajstić information content (AvgIpc) is 3.07. The van der Waals surface area contributed by atoms with Crippen LogP contribution in [0.1, 0.15) is 10.4 Å². The van der Waals surface area contributed by atoms with Crippen LogP contribution in [0.2, 0.25) is 0 Å². The number of fused-ring (bicyclic) bond motifs is 1. The van der Waals surface area contributed by atoms with Crippen LogP contribution < -0.4 is 15.2 Å². The molecule has 0 bridgehead atoms. The van der Waals surface area contributed by atoms with Crippen LogP contribution in [0, 0.1) is 0 Å². The van der Waals surface area contributed by atoms with Crippen molar-refractivity contribution in [1.29, 1.82) is 0 Å². The molecule has 2 aromatic carbocycles. The standard InChI is InChI=1S/C21H17NO3S/c22-21-19(15-4-2-1-3-5-15)10-18(26-21)13-24-17-7-6-16-8-14(11-23)12-25-20(16)9-17/h1-11H,12-13,22H2. The van der Waals surface area contributed by atoms with Crippen LogP contribution in [0.15, 0.2) is 60.2 Å². The van der Waals surface area contributed by atoms with Gasteiger partial charge in [-0.15, -0.1) is 11.3 Å². The van der Waals surface area contributed by atoms with E-state index < -0.39 is 0 Å². The summed E-state index contributed by atoms with van der Waals surface area (Å²) < 4.78 is 11.5. The highest BCUT2D eigenvalue weighted by Gasteiger charge is 2.13. The van der Waals surface area contributed by atoms with E-state index in [1.165, 1.54) is 11.3 Å². The fourth-order valence-corrected chi connectivity index (χ4v) is 3.71. The van der Waals surface area contributed by atoms with Crippen molar-refractivity contribution >= 4 is 28.7 Å². The lowest BCUT2D eigenvalue weighted by atomic mass is 10.1. The van der Waals surface area contributed by atoms with Crippen LogP contribution in [0.5, 0.6) is 11.5 Å². The minimum Gasteiger partial charge on any atom is -0.488 e. The molecular formula is C21H17NO3S. The van der Waals surface area contributed by atoms with Crippen LogP contribution >= 0.6 is 11.3 Å². The van der Waals surface area contributed by atoms with Crippen LogP contribution in [0.4, 0.5) is 5.00 Å². The molecule has 5 heteroatoms. The van der Waals surface area contributed by atoms with Crippen molar-refractivity contribution in [2.45, 2.75) is 6.61 Å². The van der Waals surface area contributed by atoms with Crippen molar-refractivity contribution in [3.63, 3.8) is 0 Å². The molecule has 3 aromatic rings. The summed E-state index contributed by atoms with van der Waals surface area (Å²) in [4.78, 5) is 11.9. The van der Waals surface area contributed by atoms with Gasteiger partial charge in [-0.25, -0.2) is 0 Å². The summed E-state index contributed by atoms with van der Waals surface area (Å²) in [5, 5.41) is 0.787. The monoisotopic (exact) mass is 363 g/mol. The van der Waals surface area contributed by atoms with Gasteiger partial charge in [0.2, 0.25) is 0 Å². The Morgan fingerprint density at radius 2 is 2.00 bits per heavy atom. The molecule has 0 unspecified atom stereocenters. The van der Waals surface area contributed by atoms with Gasteiger partial charge in [0.25, 0.3) is 0 Å². The first-order chi connectivity index (χ1) is 12.7. The molecular weight excluding hydrogens is 346 g/mol. The molecule has 0 atom stereocenters. The van der Waals surface area contributed by atoms with Gasteiger partial charge in [0.05, 0.1) is 5.00 Å². The summed E-state index contributed by atoms with van der Waals surface area (Å²) in [7, 11) is 0. The number of carbonyl (C=O) groups is 1. The molecule has 4 nitrogen and oxygen atoms in total. The molecule has 0 aliphatic carbocycles. The van der Waals surface area contributed by atoms with Crippen molar-refractivity contribution in [2.75, 3.05) is 12.3 Å². The van der Waals surface area contributed by atoms with E-state index in [4.69, 9.17) is 15.2 Å². The van der Waals surface area contributed by atoms with Crippen molar-refractivity contribution in [1.82, 2.24) is 0 Å². The molecule has 130 valence electrons. The number of hydrogen-bond donors (Lipinski definition) is 1. The van der Waals surface area contributed by atoms with Crippen LogP contribution in [-0.4, -0.2) is 12.9 Å². The molecule has 0 radical (unpaired) electrons. The zero-order chi connectivity index (χ0) is 17.9. The minimum absolute atomic E-state index is 0.293. The molecule has 0 spiro atoms. The summed E-state index contributed by atoms with van der Waals surface area (Å²) in [6.07, 6.45) is 2.65. The zero-order valence-corrected chi connectivity index (χ0v) is 14.8. The second kappa shape index (κ2) is 7.06. The van der Waals surface area contributed by atoms with E-state index in [1.807, 2.05) is 54.6 Å². The largest absolute Gasteiger partial charge is 0.488 e. The predicted octanol–water partition coefficient (Wildman–Crippen LogP) is 4.55. The number of aldehydes is 1. The van der Waals surface area contributed by atoms with E-state index in [0.29, 0.717) is 18.8 Å². The normalized spacial score (nSPS) is 12.7. The molecule has 1 aromatic heterocycles. The number of carbonyl (C=O) groups excluding carboxylic acids is 1. The first-order valence-electron chi connectivity index (χ1n) is 8.22. The highest BCUT2D eigenvalue weighted by atomic mass is 32.1. The van der Waals surface area contributed by atoms with E-state index in [0.717, 1.165) is 44.4 Å². The second-order valence-corrected chi connectivity index (χ2v) is 7.14. The number of thiophene rings is 1. The molecule has 1 aliphatic heterocycles. The van der Waals surface area contributed by atoms with Gasteiger partial charge in [-0.3, -0.25) is 4.79 Å². The summed E-state index contributed by atoms with van der Waals surface area (Å²) >= 11 is 1.53. The van der Waals surface area contributed by atoms with Gasteiger partial charge in [-0.1, -0.05) is 30.3 Å². The Morgan fingerprint density at radius 3 is 2.81 bits per heavy atom. The van der Waals surface area contributed by atoms with Crippen molar-refractivity contribution in [2.24, 2.45) is 0 Å². The van der Waals surface area contributed by atoms with E-state index >= 15 is 0 Å². The molecule has 2 heterocycles. The number of ether oxygens (including phenoxy) is 2. The Balaban J connectivity index is 1.49. The lowest BCUT2D eigenvalue weighted by Crippen LogP contribution is -2.08. The molecule has 4 rings (SSSR count). The smallest absolute Gasteiger partial charge is 0.149 e. The molecule has 26 heavy (non-hydrogen) atoms. The SMILES string of the molecule is Nc1sc(COc2ccc3c(c2)OCC(C=O)=C3)cc1-c1ccccc1. The van der Waals surface area contributed by atoms with E-state index in [1.54, 1.807) is 0 Å². The van der Waals surface area contributed by atoms with Gasteiger partial charge in [0.1, 0.15) is 31.0 Å². The van der Waals surface area contributed by atoms with Crippen molar-refractivity contribution < 1.29 is 14.3 Å². The number of anilines is 1. The number of benzene rings is 2. The van der Waals surface area contributed by atoms with Crippen LogP contribution in [0.3, 0.4) is 0 Å². The van der Waals surface area contributed by atoms with Crippen LogP contribution in [-0.2, 0) is 11.4 Å². The highest BCUT2D eigenvalue weighted by molar-refractivity contribution is 7.16. The highest BCUT2D eigenvalue weighted by Crippen LogP contribution is 2.35. The van der Waals surface area contributed by atoms with Gasteiger partial charge >= 0.3 is 0 Å². The van der Waals surface area contributed by atoms with Gasteiger partial charge in [-0.05, 0) is 29.8 Å². The molecule has 0 fully saturated rings. The predicted molar refractivity (Wildman–Crippen MR) is 104 cm³/mol. The minimum atomic E-state index is 0.293. The van der Waals surface area contributed by atoms with Gasteiger partial charge < -0.3 is 15.2 Å². The summed E-state index contributed by atoms with van der Waals surface area (Å²) in [6, 6.07) is 17.8. The Morgan fingerprint density at radius 1 is 1.15 bits per heavy atom. The summed E-state index contributed by atoms with van der Waals surface area (Å²) in [5.74, 6) is 1.45. The molecule has 0 saturated heterocycles. The van der Waals surface area contributed by atoms with Crippen molar-refractivity contribution in [3.05, 3.63) is 70.6 Å². The Bertz CT molecular complexity index is 976. The lowest BCUT2D eigenvalue weighted by molar-refractivity contribution is -0.105. The molecule has 0 saturated carbocycles. The van der Waals surface area contributed by atoms with E-state index in [2.05, 4.69) is 6.07 Å². The van der Waals surface area contributed by atoms with E-state index in [9.17, 15) is 4.79 Å². The Hall–Kier alpha value is -3.05. The Labute approximate surface area is 155 Å². The fraction of sp³-hybridized carbons (Fsp3) is 0.0952. The maximum atomic E-state index is 10.8. The van der Waals surface area contributed by atoms with Crippen molar-refractivity contribution in [3.8, 4) is 22.6 Å². The number of rotatable bonds is 5. The van der Waals surface area contributed by atoms with Gasteiger partial charge in [0.15, 0.2) is 0 Å². The lowest BCUT2D eigenvalue weighted by Gasteiger charge is -2.16. The van der Waals surface area contributed by atoms with Crippen LogP contribution in [0.25, 0.3) is 17.2 Å². The third kappa shape index (κ3) is 3.34. The van der Waals surface area contributed by atoms with Gasteiger partial charge in [0, 0.05) is 27.6 Å². The topological polar surface area (TPSA) is 61.6 Å². The third-order valence-electron chi connectivity index (χ3n) is 4.15. The maximum Gasteiger partial charge on any atom is 0.149 e. The van der Waals surface area contributed by atoms with Gasteiger partial charge in [-0.2, -0.15) is 0 Å². The number of hydrogen-bond acceptors (Lipinski definition) is 5. The zero-order valence-electron chi connectivity index (χ0n) is 14.0. The first kappa shape index (κ1) is 16.4. The molecule has 2 N–H and O–H groups in total. The second-order valence-electron chi connectivity index (χ2n) is 5.97. The molecule has 1 aliphatic rings. The first-order valence-corrected chi connectivity index (χ1v) is 9.03. The molecule has 0 amide bonds. The summed E-state index contributed by atoms with van der Waals surface area (Å²) in [5.41, 5.74) is 9.83. The summed E-state index contributed by atoms with van der Waals surface area (Å²) in [6.45, 7) is 0.734. The fourth-order valence-electron chi connectivity index (χ4n) is 2.85. The third-order valence-corrected chi connectivity index (χ3v) is 5.09. The average molecular weight is 363 g/mol. The number of nitrogen functional groups attached to an aromatic ring is 1. The maximum absolute atomic E-state index is 10.8. The Kier molecular flexibility index (Phi) is 4.46.